The van der Waals surface area contributed by atoms with Crippen LogP contribution in [0.5, 0.6) is 5.75 Å². The summed E-state index contributed by atoms with van der Waals surface area (Å²) < 4.78 is 5.23. The van der Waals surface area contributed by atoms with Gasteiger partial charge in [-0.15, -0.1) is 0 Å². The predicted molar refractivity (Wildman–Crippen MR) is 137 cm³/mol. The fraction of sp³-hybridized carbons (Fsp3) is 0.200. The summed E-state index contributed by atoms with van der Waals surface area (Å²) in [5.74, 6) is -0.0564. The molecule has 0 saturated heterocycles. The molecule has 35 heavy (non-hydrogen) atoms. The van der Waals surface area contributed by atoms with Crippen molar-refractivity contribution < 1.29 is 19.1 Å². The van der Waals surface area contributed by atoms with Gasteiger partial charge in [0.2, 0.25) is 0 Å². The Balaban J connectivity index is 1.71. The highest BCUT2D eigenvalue weighted by Gasteiger charge is 2.17. The highest BCUT2D eigenvalue weighted by Crippen LogP contribution is 2.24. The van der Waals surface area contributed by atoms with E-state index in [9.17, 15) is 14.4 Å². The maximum absolute atomic E-state index is 12.9. The lowest BCUT2D eigenvalue weighted by molar-refractivity contribution is -0.118. The molecule has 0 radical (unpaired) electrons. The van der Waals surface area contributed by atoms with Crippen LogP contribution in [0.1, 0.15) is 20.7 Å². The monoisotopic (exact) mass is 495 g/mol. The van der Waals surface area contributed by atoms with Gasteiger partial charge in [-0.3, -0.25) is 14.4 Å². The number of carbonyl (C=O) groups is 3. The fourth-order valence-electron chi connectivity index (χ4n) is 3.12. The van der Waals surface area contributed by atoms with Crippen LogP contribution in [0.15, 0.2) is 60.8 Å². The number of aromatic nitrogens is 1. The number of nitrogens with one attached hydrogen (secondary N) is 3. The van der Waals surface area contributed by atoms with Crippen LogP contribution < -0.4 is 20.7 Å². The zero-order valence-corrected chi connectivity index (χ0v) is 20.3. The molecule has 2 amide bonds. The number of ketones is 1. The van der Waals surface area contributed by atoms with Gasteiger partial charge in [-0.05, 0) is 68.7 Å². The van der Waals surface area contributed by atoms with Gasteiger partial charge in [0.1, 0.15) is 11.6 Å². The highest BCUT2D eigenvalue weighted by molar-refractivity contribution is 6.30. The van der Waals surface area contributed by atoms with Gasteiger partial charge < -0.3 is 25.6 Å². The second kappa shape index (κ2) is 12.0. The van der Waals surface area contributed by atoms with Gasteiger partial charge in [-0.25, -0.2) is 4.98 Å². The molecule has 0 aliphatic rings. The van der Waals surface area contributed by atoms with Crippen molar-refractivity contribution in [3.8, 4) is 5.75 Å². The van der Waals surface area contributed by atoms with E-state index in [0.29, 0.717) is 40.1 Å². The van der Waals surface area contributed by atoms with Gasteiger partial charge in [0.05, 0.1) is 36.5 Å². The summed E-state index contributed by atoms with van der Waals surface area (Å²) >= 11 is 5.84. The van der Waals surface area contributed by atoms with Crippen molar-refractivity contribution >= 4 is 46.4 Å². The third kappa shape index (κ3) is 7.53. The molecule has 0 fully saturated rings. The van der Waals surface area contributed by atoms with Crippen molar-refractivity contribution in [1.82, 2.24) is 9.88 Å². The van der Waals surface area contributed by atoms with Crippen LogP contribution in [-0.4, -0.2) is 61.8 Å². The first-order valence-electron chi connectivity index (χ1n) is 10.7. The molecule has 0 spiro atoms. The number of carbonyl (C=O) groups excluding carboxylic acids is 3. The highest BCUT2D eigenvalue weighted by atomic mass is 35.5. The maximum atomic E-state index is 12.9. The molecule has 9 nitrogen and oxygen atoms in total. The molecule has 3 rings (SSSR count). The Morgan fingerprint density at radius 2 is 1.71 bits per heavy atom. The number of hydrogen-bond acceptors (Lipinski definition) is 7. The Labute approximate surface area is 208 Å². The summed E-state index contributed by atoms with van der Waals surface area (Å²) in [7, 11) is 5.15. The van der Waals surface area contributed by atoms with Crippen LogP contribution in [0, 0.1) is 0 Å². The standard InChI is InChI=1S/C25H26ClN5O4/c1-31(2)15-19(32)14-27-18-7-4-16(5-8-18)24(33)29-22-10-9-20(35-3)12-21(22)25(34)30-23-11-6-17(26)13-28-23/h4-13,27H,14-15H2,1-3H3,(H,29,33)(H,28,30,34). The summed E-state index contributed by atoms with van der Waals surface area (Å²) in [4.78, 5) is 43.5. The van der Waals surface area contributed by atoms with Gasteiger partial charge in [0, 0.05) is 17.4 Å². The molecule has 182 valence electrons. The summed E-state index contributed by atoms with van der Waals surface area (Å²) in [5.41, 5.74) is 1.61. The Bertz CT molecular complexity index is 1200. The summed E-state index contributed by atoms with van der Waals surface area (Å²) in [6, 6.07) is 14.6. The molecule has 3 aromatic rings. The molecule has 10 heteroatoms. The number of ether oxygens (including phenoxy) is 1. The molecular weight excluding hydrogens is 470 g/mol. The number of methoxy groups -OCH3 is 1. The average molecular weight is 496 g/mol. The third-order valence-electron chi connectivity index (χ3n) is 4.82. The van der Waals surface area contributed by atoms with E-state index in [2.05, 4.69) is 20.9 Å². The molecule has 1 aromatic heterocycles. The van der Waals surface area contributed by atoms with Gasteiger partial charge in [0.15, 0.2) is 5.78 Å². The van der Waals surface area contributed by atoms with Crippen LogP contribution in [0.4, 0.5) is 17.2 Å². The largest absolute Gasteiger partial charge is 0.497 e. The van der Waals surface area contributed by atoms with E-state index in [1.165, 1.54) is 19.4 Å². The maximum Gasteiger partial charge on any atom is 0.259 e. The quantitative estimate of drug-likeness (QED) is 0.392. The smallest absolute Gasteiger partial charge is 0.259 e. The molecule has 0 aliphatic carbocycles. The molecule has 0 atom stereocenters. The number of amides is 2. The van der Waals surface area contributed by atoms with E-state index in [1.807, 2.05) is 14.1 Å². The second-order valence-electron chi connectivity index (χ2n) is 7.89. The van der Waals surface area contributed by atoms with E-state index in [-0.39, 0.29) is 17.9 Å². The second-order valence-corrected chi connectivity index (χ2v) is 8.33. The van der Waals surface area contributed by atoms with Crippen molar-refractivity contribution in [2.75, 3.05) is 50.2 Å². The molecule has 0 saturated carbocycles. The molecule has 0 unspecified atom stereocenters. The molecule has 3 N–H and O–H groups in total. The number of hydrogen-bond donors (Lipinski definition) is 3. The normalized spacial score (nSPS) is 10.5. The van der Waals surface area contributed by atoms with Gasteiger partial charge in [0.25, 0.3) is 11.8 Å². The lowest BCUT2D eigenvalue weighted by Crippen LogP contribution is -2.26. The minimum absolute atomic E-state index is 0.0518. The molecule has 1 heterocycles. The molecule has 0 bridgehead atoms. The Kier molecular flexibility index (Phi) is 8.77. The first kappa shape index (κ1) is 25.7. The zero-order valence-electron chi connectivity index (χ0n) is 19.6. The number of nitrogens with zero attached hydrogens (tertiary/aromatic N) is 2. The Morgan fingerprint density at radius 1 is 0.971 bits per heavy atom. The number of benzene rings is 2. The number of likely N-dealkylation sites (N-methyl/N-ethyl adjacent to an activating group) is 1. The summed E-state index contributed by atoms with van der Waals surface area (Å²) in [5, 5.41) is 8.93. The van der Waals surface area contributed by atoms with E-state index < -0.39 is 11.8 Å². The van der Waals surface area contributed by atoms with E-state index in [1.54, 1.807) is 53.4 Å². The van der Waals surface area contributed by atoms with E-state index >= 15 is 0 Å². The fourth-order valence-corrected chi connectivity index (χ4v) is 3.24. The number of pyridine rings is 1. The lowest BCUT2D eigenvalue weighted by Gasteiger charge is -2.13. The molecule has 2 aromatic carbocycles. The first-order valence-corrected chi connectivity index (χ1v) is 11.1. The SMILES string of the molecule is COc1ccc(NC(=O)c2ccc(NCC(=O)CN(C)C)cc2)c(C(=O)Nc2ccc(Cl)cn2)c1. The molecule has 0 aliphatic heterocycles. The lowest BCUT2D eigenvalue weighted by atomic mass is 10.1. The van der Waals surface area contributed by atoms with Crippen LogP contribution in [0.2, 0.25) is 5.02 Å². The van der Waals surface area contributed by atoms with Crippen molar-refractivity contribution in [3.05, 3.63) is 76.9 Å². The first-order chi connectivity index (χ1) is 16.7. The third-order valence-corrected chi connectivity index (χ3v) is 5.04. The minimum atomic E-state index is -0.476. The van der Waals surface area contributed by atoms with Gasteiger partial charge >= 0.3 is 0 Å². The Hall–Kier alpha value is -3.95. The van der Waals surface area contributed by atoms with Crippen LogP contribution >= 0.6 is 11.6 Å². The van der Waals surface area contributed by atoms with Gasteiger partial charge in [-0.2, -0.15) is 0 Å². The van der Waals surface area contributed by atoms with Crippen molar-refractivity contribution in [2.24, 2.45) is 0 Å². The number of rotatable bonds is 10. The van der Waals surface area contributed by atoms with Crippen molar-refractivity contribution in [3.63, 3.8) is 0 Å². The van der Waals surface area contributed by atoms with Crippen LogP contribution in [-0.2, 0) is 4.79 Å². The van der Waals surface area contributed by atoms with Gasteiger partial charge in [-0.1, -0.05) is 11.6 Å². The minimum Gasteiger partial charge on any atom is -0.497 e. The van der Waals surface area contributed by atoms with Crippen molar-refractivity contribution in [2.45, 2.75) is 0 Å². The van der Waals surface area contributed by atoms with E-state index in [4.69, 9.17) is 16.3 Å². The number of anilines is 3. The summed E-state index contributed by atoms with van der Waals surface area (Å²) in [6.45, 7) is 0.538. The molecular formula is C25H26ClN5O4. The van der Waals surface area contributed by atoms with Crippen LogP contribution in [0.25, 0.3) is 0 Å². The Morgan fingerprint density at radius 3 is 2.34 bits per heavy atom. The van der Waals surface area contributed by atoms with E-state index in [0.717, 1.165) is 0 Å². The predicted octanol–water partition coefficient (Wildman–Crippen LogP) is 3.79. The van der Waals surface area contributed by atoms with Crippen LogP contribution in [0.3, 0.4) is 0 Å². The topological polar surface area (TPSA) is 113 Å². The number of halogens is 1. The summed E-state index contributed by atoms with van der Waals surface area (Å²) in [6.07, 6.45) is 1.42. The zero-order chi connectivity index (χ0) is 25.4. The number of Topliss-reactive ketones (excluding diaryl/α,β-unsaturated/α-hetero) is 1. The average Bonchev–Trinajstić information content (AvgIpc) is 2.84. The van der Waals surface area contributed by atoms with Crippen molar-refractivity contribution in [1.29, 1.82) is 0 Å².